The fourth-order valence-electron chi connectivity index (χ4n) is 2.58. The maximum Gasteiger partial charge on any atom is 0.197 e. The average Bonchev–Trinajstić information content (AvgIpc) is 3.39. The molecule has 0 amide bonds. The highest BCUT2D eigenvalue weighted by atomic mass is 35.5. The quantitative estimate of drug-likeness (QED) is 0.863. The maximum absolute atomic E-state index is 14.8. The third-order valence-electron chi connectivity index (χ3n) is 4.11. The largest absolute Gasteiger partial charge is 0.324 e. The summed E-state index contributed by atoms with van der Waals surface area (Å²) in [6, 6.07) is 10.6. The summed E-state index contributed by atoms with van der Waals surface area (Å²) in [7, 11) is 0. The molecule has 0 spiro atoms. The van der Waals surface area contributed by atoms with Crippen LogP contribution in [0.1, 0.15) is 45.9 Å². The molecule has 1 aliphatic carbocycles. The number of nitriles is 1. The van der Waals surface area contributed by atoms with E-state index in [1.165, 1.54) is 30.3 Å². The zero-order chi connectivity index (χ0) is 16.6. The Morgan fingerprint density at radius 1 is 1.26 bits per heavy atom. The number of carbonyl (C=O) groups excluding carboxylic acids is 1. The lowest BCUT2D eigenvalue weighted by Gasteiger charge is -2.15. The summed E-state index contributed by atoms with van der Waals surface area (Å²) in [5, 5.41) is 8.86. The van der Waals surface area contributed by atoms with Crippen molar-refractivity contribution in [3.63, 3.8) is 0 Å². The van der Waals surface area contributed by atoms with E-state index in [1.54, 1.807) is 6.07 Å². The molecule has 0 bridgehead atoms. The van der Waals surface area contributed by atoms with Crippen molar-refractivity contribution in [1.29, 1.82) is 5.26 Å². The SMILES string of the molecule is N#Cc1ccc(C(=O)c2c(Cl)ccc(C(N)C3CC3)c2F)cc1. The van der Waals surface area contributed by atoms with Crippen LogP contribution in [-0.2, 0) is 0 Å². The van der Waals surface area contributed by atoms with E-state index in [4.69, 9.17) is 22.6 Å². The van der Waals surface area contributed by atoms with Gasteiger partial charge in [-0.15, -0.1) is 0 Å². The molecule has 1 fully saturated rings. The van der Waals surface area contributed by atoms with Crippen LogP contribution in [0.15, 0.2) is 36.4 Å². The number of ketones is 1. The molecule has 116 valence electrons. The van der Waals surface area contributed by atoms with Crippen LogP contribution in [0.2, 0.25) is 5.02 Å². The summed E-state index contributed by atoms with van der Waals surface area (Å²) in [6.07, 6.45) is 1.95. The third kappa shape index (κ3) is 2.98. The van der Waals surface area contributed by atoms with E-state index in [1.807, 2.05) is 6.07 Å². The van der Waals surface area contributed by atoms with E-state index in [0.29, 0.717) is 11.1 Å². The van der Waals surface area contributed by atoms with Crippen LogP contribution >= 0.6 is 11.6 Å². The molecule has 23 heavy (non-hydrogen) atoms. The van der Waals surface area contributed by atoms with Gasteiger partial charge in [0.1, 0.15) is 5.82 Å². The molecule has 1 unspecified atom stereocenters. The van der Waals surface area contributed by atoms with Crippen LogP contribution in [0.4, 0.5) is 4.39 Å². The average molecular weight is 329 g/mol. The second kappa shape index (κ2) is 6.11. The summed E-state index contributed by atoms with van der Waals surface area (Å²) in [6.45, 7) is 0. The molecule has 0 aromatic heterocycles. The Labute approximate surface area is 138 Å². The lowest BCUT2D eigenvalue weighted by molar-refractivity contribution is 0.103. The number of hydrogen-bond acceptors (Lipinski definition) is 3. The third-order valence-corrected chi connectivity index (χ3v) is 4.43. The van der Waals surface area contributed by atoms with Gasteiger partial charge in [-0.25, -0.2) is 4.39 Å². The molecule has 2 aromatic rings. The summed E-state index contributed by atoms with van der Waals surface area (Å²) in [5.74, 6) is -0.892. The Hall–Kier alpha value is -2.22. The molecular weight excluding hydrogens is 315 g/mol. The van der Waals surface area contributed by atoms with Gasteiger partial charge in [0.15, 0.2) is 5.78 Å². The number of carbonyl (C=O) groups is 1. The minimum atomic E-state index is -0.647. The molecule has 1 saturated carbocycles. The smallest absolute Gasteiger partial charge is 0.197 e. The van der Waals surface area contributed by atoms with Crippen molar-refractivity contribution < 1.29 is 9.18 Å². The molecule has 2 aromatic carbocycles. The van der Waals surface area contributed by atoms with Crippen molar-refractivity contribution in [3.05, 3.63) is 69.5 Å². The fourth-order valence-corrected chi connectivity index (χ4v) is 2.82. The molecule has 2 N–H and O–H groups in total. The molecular formula is C18H14ClFN2O. The van der Waals surface area contributed by atoms with Gasteiger partial charge in [-0.05, 0) is 49.1 Å². The van der Waals surface area contributed by atoms with E-state index < -0.39 is 17.6 Å². The fraction of sp³-hybridized carbons (Fsp3) is 0.222. The second-order valence-corrected chi connectivity index (χ2v) is 6.11. The van der Waals surface area contributed by atoms with Crippen molar-refractivity contribution >= 4 is 17.4 Å². The normalized spacial score (nSPS) is 15.0. The first-order chi connectivity index (χ1) is 11.0. The lowest BCUT2D eigenvalue weighted by atomic mass is 9.95. The Balaban J connectivity index is 2.02. The summed E-state index contributed by atoms with van der Waals surface area (Å²) >= 11 is 6.05. The van der Waals surface area contributed by atoms with Gasteiger partial charge < -0.3 is 5.73 Å². The van der Waals surface area contributed by atoms with Crippen LogP contribution in [-0.4, -0.2) is 5.78 Å². The number of hydrogen-bond donors (Lipinski definition) is 1. The molecule has 1 atom stereocenters. The van der Waals surface area contributed by atoms with Crippen LogP contribution in [0, 0.1) is 23.1 Å². The van der Waals surface area contributed by atoms with Crippen molar-refractivity contribution in [2.24, 2.45) is 11.7 Å². The second-order valence-electron chi connectivity index (χ2n) is 5.71. The lowest BCUT2D eigenvalue weighted by Crippen LogP contribution is -2.17. The number of nitrogens with two attached hydrogens (primary N) is 1. The van der Waals surface area contributed by atoms with Crippen molar-refractivity contribution in [2.75, 3.05) is 0 Å². The molecule has 3 rings (SSSR count). The van der Waals surface area contributed by atoms with Gasteiger partial charge in [0.2, 0.25) is 0 Å². The topological polar surface area (TPSA) is 66.9 Å². The summed E-state index contributed by atoms with van der Waals surface area (Å²) < 4.78 is 14.8. The highest BCUT2D eigenvalue weighted by Crippen LogP contribution is 2.41. The van der Waals surface area contributed by atoms with Gasteiger partial charge in [-0.2, -0.15) is 5.26 Å². The van der Waals surface area contributed by atoms with Crippen molar-refractivity contribution in [2.45, 2.75) is 18.9 Å². The van der Waals surface area contributed by atoms with E-state index in [2.05, 4.69) is 0 Å². The van der Waals surface area contributed by atoms with Crippen LogP contribution in [0.5, 0.6) is 0 Å². The number of nitrogens with zero attached hydrogens (tertiary/aromatic N) is 1. The minimum absolute atomic E-state index is 0.0589. The number of halogens is 2. The van der Waals surface area contributed by atoms with Gasteiger partial charge in [-0.1, -0.05) is 17.7 Å². The summed E-state index contributed by atoms with van der Waals surface area (Å²) in [4.78, 5) is 12.6. The summed E-state index contributed by atoms with van der Waals surface area (Å²) in [5.41, 5.74) is 6.94. The van der Waals surface area contributed by atoms with Crippen LogP contribution < -0.4 is 5.73 Å². The standard InChI is InChI=1S/C18H14ClFN2O/c19-14-8-7-13(17(22)11-5-6-11)16(20)15(14)18(23)12-3-1-10(9-21)2-4-12/h1-4,7-8,11,17H,5-6,22H2. The Bertz CT molecular complexity index is 807. The van der Waals surface area contributed by atoms with Crippen molar-refractivity contribution in [1.82, 2.24) is 0 Å². The molecule has 0 radical (unpaired) electrons. The van der Waals surface area contributed by atoms with Gasteiger partial charge in [0, 0.05) is 17.2 Å². The zero-order valence-corrected chi connectivity index (χ0v) is 13.0. The van der Waals surface area contributed by atoms with E-state index in [9.17, 15) is 9.18 Å². The van der Waals surface area contributed by atoms with E-state index >= 15 is 0 Å². The molecule has 3 nitrogen and oxygen atoms in total. The Morgan fingerprint density at radius 3 is 2.48 bits per heavy atom. The highest BCUT2D eigenvalue weighted by Gasteiger charge is 2.33. The van der Waals surface area contributed by atoms with E-state index in [-0.39, 0.29) is 22.1 Å². The maximum atomic E-state index is 14.8. The number of rotatable bonds is 4. The first kappa shape index (κ1) is 15.7. The van der Waals surface area contributed by atoms with Gasteiger partial charge in [0.05, 0.1) is 22.2 Å². The van der Waals surface area contributed by atoms with Crippen molar-refractivity contribution in [3.8, 4) is 6.07 Å². The number of benzene rings is 2. The predicted molar refractivity (Wildman–Crippen MR) is 85.7 cm³/mol. The minimum Gasteiger partial charge on any atom is -0.324 e. The van der Waals surface area contributed by atoms with Gasteiger partial charge in [0.25, 0.3) is 0 Å². The highest BCUT2D eigenvalue weighted by molar-refractivity contribution is 6.35. The Morgan fingerprint density at radius 2 is 1.91 bits per heavy atom. The zero-order valence-electron chi connectivity index (χ0n) is 12.2. The van der Waals surface area contributed by atoms with Gasteiger partial charge in [-0.3, -0.25) is 4.79 Å². The van der Waals surface area contributed by atoms with Gasteiger partial charge >= 0.3 is 0 Å². The molecule has 1 aliphatic rings. The molecule has 0 heterocycles. The Kier molecular flexibility index (Phi) is 4.16. The molecule has 5 heteroatoms. The first-order valence-corrected chi connectivity index (χ1v) is 7.69. The molecule has 0 aliphatic heterocycles. The van der Waals surface area contributed by atoms with Crippen LogP contribution in [0.3, 0.4) is 0 Å². The molecule has 0 saturated heterocycles. The predicted octanol–water partition coefficient (Wildman–Crippen LogP) is 3.99. The first-order valence-electron chi connectivity index (χ1n) is 7.31. The van der Waals surface area contributed by atoms with E-state index in [0.717, 1.165) is 12.8 Å². The van der Waals surface area contributed by atoms with Crippen LogP contribution in [0.25, 0.3) is 0 Å². The monoisotopic (exact) mass is 328 g/mol.